The second-order valence-electron chi connectivity index (χ2n) is 5.00. The Morgan fingerprint density at radius 1 is 0.391 bits per heavy atom. The maximum atomic E-state index is 2.20. The van der Waals surface area contributed by atoms with E-state index < -0.39 is 0 Å². The van der Waals surface area contributed by atoms with E-state index in [1.54, 1.807) is 0 Å². The smallest absolute Gasteiger partial charge is 0.00882 e. The Morgan fingerprint density at radius 3 is 1.26 bits per heavy atom. The molecule has 0 spiro atoms. The third-order valence-electron chi connectivity index (χ3n) is 3.25. The van der Waals surface area contributed by atoms with Crippen LogP contribution >= 0.6 is 0 Å². The third-order valence-corrected chi connectivity index (χ3v) is 3.25. The van der Waals surface area contributed by atoms with Crippen molar-refractivity contribution in [1.29, 1.82) is 0 Å². The molecular formula is C23H22. The van der Waals surface area contributed by atoms with Crippen molar-refractivity contribution in [2.45, 2.75) is 6.42 Å². The first-order chi connectivity index (χ1) is 11.5. The molecule has 0 saturated carbocycles. The van der Waals surface area contributed by atoms with Crippen LogP contribution in [0.5, 0.6) is 0 Å². The molecule has 114 valence electrons. The van der Waals surface area contributed by atoms with Gasteiger partial charge in [0.1, 0.15) is 0 Å². The van der Waals surface area contributed by atoms with Crippen molar-refractivity contribution < 1.29 is 0 Å². The van der Waals surface area contributed by atoms with E-state index in [2.05, 4.69) is 42.5 Å². The summed E-state index contributed by atoms with van der Waals surface area (Å²) in [4.78, 5) is 0. The molecule has 2 rings (SSSR count). The van der Waals surface area contributed by atoms with Crippen LogP contribution in [0.1, 0.15) is 6.42 Å². The van der Waals surface area contributed by atoms with Gasteiger partial charge < -0.3 is 0 Å². The van der Waals surface area contributed by atoms with Crippen LogP contribution in [-0.4, -0.2) is 0 Å². The first kappa shape index (κ1) is 16.5. The summed E-state index contributed by atoms with van der Waals surface area (Å²) in [6.07, 6.45) is 42.2. The van der Waals surface area contributed by atoms with E-state index in [0.717, 1.165) is 6.42 Å². The van der Waals surface area contributed by atoms with E-state index in [-0.39, 0.29) is 0 Å². The van der Waals surface area contributed by atoms with Gasteiger partial charge >= 0.3 is 0 Å². The minimum Gasteiger partial charge on any atom is -0.0795 e. The second-order valence-corrected chi connectivity index (χ2v) is 5.00. The lowest BCUT2D eigenvalue weighted by molar-refractivity contribution is 1.32. The van der Waals surface area contributed by atoms with Gasteiger partial charge in [0.05, 0.1) is 0 Å². The minimum atomic E-state index is 1.00. The Labute approximate surface area is 139 Å². The number of hydrogen-bond donors (Lipinski definition) is 0. The molecule has 0 aromatic carbocycles. The van der Waals surface area contributed by atoms with Gasteiger partial charge in [-0.05, 0) is 17.6 Å². The lowest BCUT2D eigenvalue weighted by atomic mass is 10.1. The van der Waals surface area contributed by atoms with Crippen LogP contribution in [-0.2, 0) is 0 Å². The summed E-state index contributed by atoms with van der Waals surface area (Å²) in [5, 5.41) is 0. The monoisotopic (exact) mass is 298 g/mol. The highest BCUT2D eigenvalue weighted by Crippen LogP contribution is 2.21. The van der Waals surface area contributed by atoms with Crippen molar-refractivity contribution in [3.8, 4) is 0 Å². The molecule has 0 aliphatic heterocycles. The Kier molecular flexibility index (Phi) is 7.76. The predicted octanol–water partition coefficient (Wildman–Crippen LogP) is 6.26. The summed E-state index contributed by atoms with van der Waals surface area (Å²) in [6.45, 7) is 0. The summed E-state index contributed by atoms with van der Waals surface area (Å²) in [6, 6.07) is 0. The van der Waals surface area contributed by atoms with Crippen LogP contribution in [0.15, 0.2) is 133 Å². The van der Waals surface area contributed by atoms with Gasteiger partial charge in [-0.25, -0.2) is 0 Å². The van der Waals surface area contributed by atoms with Gasteiger partial charge in [0.15, 0.2) is 0 Å². The Hall–Kier alpha value is -2.86. The molecule has 0 aromatic rings. The SMILES string of the molecule is C1=CC2=C(/C=C/C=C\C=C\C=C\C=C\C=C/C=C/C=C/C=C/2)C1. The standard InChI is InChI=1S/C23H22/c1-2-4-6-8-10-12-14-16-19-23-21-17-20-22(23)18-15-13-11-9-7-5-3-1/h1-20H,21H2/b2-1+,3-1?,4-2?,5-3-,6-4+,7-5?,8-6?,9-7+,10-8+,11-9?,12-10?,13-11+,14-12-,15-13?,16-14?,18-15+,19-16+,22-18?,23-19?. The van der Waals surface area contributed by atoms with Gasteiger partial charge in [-0.3, -0.25) is 0 Å². The molecule has 0 heterocycles. The zero-order valence-electron chi connectivity index (χ0n) is 13.3. The molecule has 0 saturated heterocycles. The Morgan fingerprint density at radius 2 is 0.783 bits per heavy atom. The van der Waals surface area contributed by atoms with E-state index in [1.165, 1.54) is 11.1 Å². The van der Waals surface area contributed by atoms with Crippen molar-refractivity contribution in [2.75, 3.05) is 0 Å². The lowest BCUT2D eigenvalue weighted by Crippen LogP contribution is -1.75. The topological polar surface area (TPSA) is 0 Å². The molecule has 0 bridgehead atoms. The average molecular weight is 298 g/mol. The summed E-state index contributed by atoms with van der Waals surface area (Å²) in [5.41, 5.74) is 2.63. The van der Waals surface area contributed by atoms with Gasteiger partial charge in [0.2, 0.25) is 0 Å². The highest BCUT2D eigenvalue weighted by molar-refractivity contribution is 5.47. The van der Waals surface area contributed by atoms with Gasteiger partial charge in [-0.15, -0.1) is 0 Å². The number of hydrogen-bond acceptors (Lipinski definition) is 0. The highest BCUT2D eigenvalue weighted by Gasteiger charge is 2.01. The van der Waals surface area contributed by atoms with Crippen LogP contribution in [0.3, 0.4) is 0 Å². The first-order valence-electron chi connectivity index (χ1n) is 7.88. The van der Waals surface area contributed by atoms with Crippen LogP contribution in [0.25, 0.3) is 0 Å². The van der Waals surface area contributed by atoms with E-state index in [1.807, 2.05) is 79.0 Å². The second kappa shape index (κ2) is 10.8. The Bertz CT molecular complexity index is 690. The molecule has 0 N–H and O–H groups in total. The van der Waals surface area contributed by atoms with E-state index >= 15 is 0 Å². The Balaban J connectivity index is 2.13. The quantitative estimate of drug-likeness (QED) is 0.495. The average Bonchev–Trinajstić information content (AvgIpc) is 3.00. The van der Waals surface area contributed by atoms with Crippen molar-refractivity contribution in [3.63, 3.8) is 0 Å². The normalized spacial score (nSPS) is 30.6. The zero-order valence-corrected chi connectivity index (χ0v) is 13.3. The molecule has 0 radical (unpaired) electrons. The summed E-state index contributed by atoms with van der Waals surface area (Å²) < 4.78 is 0. The van der Waals surface area contributed by atoms with Crippen molar-refractivity contribution in [2.24, 2.45) is 0 Å². The van der Waals surface area contributed by atoms with Gasteiger partial charge in [-0.2, -0.15) is 0 Å². The molecular weight excluding hydrogens is 276 g/mol. The molecule has 2 aliphatic carbocycles. The molecule has 0 fully saturated rings. The number of allylic oxidation sites excluding steroid dienone is 22. The fourth-order valence-corrected chi connectivity index (χ4v) is 2.09. The lowest BCUT2D eigenvalue weighted by Gasteiger charge is -1.95. The summed E-state index contributed by atoms with van der Waals surface area (Å²) in [7, 11) is 0. The van der Waals surface area contributed by atoms with Gasteiger partial charge in [-0.1, -0.05) is 122 Å². The maximum Gasteiger partial charge on any atom is -0.00882 e. The fraction of sp³-hybridized carbons (Fsp3) is 0.0435. The zero-order chi connectivity index (χ0) is 16.0. The van der Waals surface area contributed by atoms with E-state index in [0.29, 0.717) is 0 Å². The van der Waals surface area contributed by atoms with Crippen LogP contribution in [0.2, 0.25) is 0 Å². The molecule has 0 aromatic heterocycles. The van der Waals surface area contributed by atoms with Crippen LogP contribution in [0, 0.1) is 0 Å². The molecule has 0 atom stereocenters. The fourth-order valence-electron chi connectivity index (χ4n) is 2.09. The molecule has 0 nitrogen and oxygen atoms in total. The molecule has 2 aliphatic rings. The van der Waals surface area contributed by atoms with Crippen molar-refractivity contribution >= 4 is 0 Å². The van der Waals surface area contributed by atoms with Crippen LogP contribution in [0.4, 0.5) is 0 Å². The molecule has 23 heavy (non-hydrogen) atoms. The van der Waals surface area contributed by atoms with E-state index in [9.17, 15) is 0 Å². The van der Waals surface area contributed by atoms with E-state index in [4.69, 9.17) is 0 Å². The molecule has 0 amide bonds. The van der Waals surface area contributed by atoms with Crippen LogP contribution < -0.4 is 0 Å². The predicted molar refractivity (Wildman–Crippen MR) is 103 cm³/mol. The third kappa shape index (κ3) is 7.10. The van der Waals surface area contributed by atoms with Crippen molar-refractivity contribution in [1.82, 2.24) is 0 Å². The largest absolute Gasteiger partial charge is 0.0795 e. The van der Waals surface area contributed by atoms with Gasteiger partial charge in [0.25, 0.3) is 0 Å². The number of rotatable bonds is 0. The first-order valence-corrected chi connectivity index (χ1v) is 7.88. The summed E-state index contributed by atoms with van der Waals surface area (Å²) in [5.74, 6) is 0. The van der Waals surface area contributed by atoms with Crippen molar-refractivity contribution in [3.05, 3.63) is 133 Å². The summed E-state index contributed by atoms with van der Waals surface area (Å²) >= 11 is 0. The highest BCUT2D eigenvalue weighted by atomic mass is 14.1. The maximum absolute atomic E-state index is 2.20. The molecule has 0 unspecified atom stereocenters. The minimum absolute atomic E-state index is 1.00. The van der Waals surface area contributed by atoms with Gasteiger partial charge in [0, 0.05) is 0 Å². The molecule has 0 heteroatoms.